The third-order valence-electron chi connectivity index (χ3n) is 3.60. The number of benzene rings is 1. The summed E-state index contributed by atoms with van der Waals surface area (Å²) in [6.07, 6.45) is 4.33. The van der Waals surface area contributed by atoms with Gasteiger partial charge in [0.1, 0.15) is 0 Å². The van der Waals surface area contributed by atoms with E-state index < -0.39 is 0 Å². The Morgan fingerprint density at radius 1 is 1.39 bits per heavy atom. The summed E-state index contributed by atoms with van der Waals surface area (Å²) in [6, 6.07) is 5.65. The first-order chi connectivity index (χ1) is 8.66. The molecule has 1 aliphatic carbocycles. The van der Waals surface area contributed by atoms with Crippen LogP contribution in [0.4, 0.5) is 0 Å². The van der Waals surface area contributed by atoms with Gasteiger partial charge in [-0.25, -0.2) is 4.98 Å². The Morgan fingerprint density at radius 2 is 2.22 bits per heavy atom. The van der Waals surface area contributed by atoms with Crippen LogP contribution < -0.4 is 11.3 Å². The van der Waals surface area contributed by atoms with Crippen molar-refractivity contribution in [1.82, 2.24) is 9.55 Å². The number of rotatable bonds is 1. The number of nitrogens with two attached hydrogens (primary N) is 1. The minimum atomic E-state index is -0.0651. The smallest absolute Gasteiger partial charge is 0.262 e. The van der Waals surface area contributed by atoms with E-state index in [1.165, 1.54) is 0 Å². The molecule has 94 valence electrons. The zero-order valence-corrected chi connectivity index (χ0v) is 10.6. The molecular weight excluding hydrogens is 250 g/mol. The van der Waals surface area contributed by atoms with Gasteiger partial charge in [0.05, 0.1) is 22.3 Å². The highest BCUT2D eigenvalue weighted by Crippen LogP contribution is 2.28. The molecule has 5 heteroatoms. The summed E-state index contributed by atoms with van der Waals surface area (Å²) in [4.78, 5) is 16.8. The van der Waals surface area contributed by atoms with E-state index in [-0.39, 0.29) is 17.6 Å². The van der Waals surface area contributed by atoms with Crippen molar-refractivity contribution in [3.63, 3.8) is 0 Å². The van der Waals surface area contributed by atoms with Gasteiger partial charge in [-0.2, -0.15) is 0 Å². The molecule has 1 aromatic heterocycles. The van der Waals surface area contributed by atoms with Crippen molar-refractivity contribution in [3.8, 4) is 0 Å². The predicted molar refractivity (Wildman–Crippen MR) is 71.9 cm³/mol. The van der Waals surface area contributed by atoms with Crippen molar-refractivity contribution in [2.24, 2.45) is 5.73 Å². The van der Waals surface area contributed by atoms with E-state index in [0.29, 0.717) is 15.9 Å². The van der Waals surface area contributed by atoms with E-state index in [1.54, 1.807) is 29.1 Å². The number of aromatic nitrogens is 2. The first-order valence-corrected chi connectivity index (χ1v) is 6.45. The van der Waals surface area contributed by atoms with Gasteiger partial charge < -0.3 is 5.73 Å². The van der Waals surface area contributed by atoms with Crippen LogP contribution in [0.5, 0.6) is 0 Å². The van der Waals surface area contributed by atoms with Crippen LogP contribution in [0, 0.1) is 0 Å². The van der Waals surface area contributed by atoms with Crippen LogP contribution in [0.2, 0.25) is 5.02 Å². The lowest BCUT2D eigenvalue weighted by Gasteiger charge is -2.14. The Bertz CT molecular complexity index is 652. The summed E-state index contributed by atoms with van der Waals surface area (Å²) in [6.45, 7) is 0. The highest BCUT2D eigenvalue weighted by Gasteiger charge is 2.24. The predicted octanol–water partition coefficient (Wildman–Crippen LogP) is 2.10. The third kappa shape index (κ3) is 1.82. The monoisotopic (exact) mass is 263 g/mol. The topological polar surface area (TPSA) is 60.9 Å². The van der Waals surface area contributed by atoms with Gasteiger partial charge >= 0.3 is 0 Å². The first-order valence-electron chi connectivity index (χ1n) is 6.08. The summed E-state index contributed by atoms with van der Waals surface area (Å²) in [5, 5.41) is 0.962. The SMILES string of the molecule is N[C@@H]1CC[C@@H](n2cnc3cccc(Cl)c3c2=O)C1. The van der Waals surface area contributed by atoms with E-state index in [9.17, 15) is 4.79 Å². The Morgan fingerprint density at radius 3 is 2.94 bits per heavy atom. The molecule has 1 aromatic carbocycles. The van der Waals surface area contributed by atoms with Crippen molar-refractivity contribution in [2.75, 3.05) is 0 Å². The number of fused-ring (bicyclic) bond motifs is 1. The number of hydrogen-bond donors (Lipinski definition) is 1. The number of hydrogen-bond acceptors (Lipinski definition) is 3. The lowest BCUT2D eigenvalue weighted by Crippen LogP contribution is -2.25. The molecule has 0 bridgehead atoms. The van der Waals surface area contributed by atoms with Crippen LogP contribution in [0.25, 0.3) is 10.9 Å². The third-order valence-corrected chi connectivity index (χ3v) is 3.92. The minimum absolute atomic E-state index is 0.0651. The highest BCUT2D eigenvalue weighted by atomic mass is 35.5. The second-order valence-corrected chi connectivity index (χ2v) is 5.23. The fourth-order valence-corrected chi connectivity index (χ4v) is 2.89. The summed E-state index contributed by atoms with van der Waals surface area (Å²) in [5.41, 5.74) is 6.47. The molecule has 2 atom stereocenters. The van der Waals surface area contributed by atoms with E-state index in [0.717, 1.165) is 19.3 Å². The van der Waals surface area contributed by atoms with Crippen LogP contribution in [0.1, 0.15) is 25.3 Å². The molecule has 2 N–H and O–H groups in total. The van der Waals surface area contributed by atoms with Gasteiger partial charge in [0.25, 0.3) is 5.56 Å². The van der Waals surface area contributed by atoms with Crippen LogP contribution in [-0.4, -0.2) is 15.6 Å². The maximum Gasteiger partial charge on any atom is 0.262 e. The van der Waals surface area contributed by atoms with Crippen molar-refractivity contribution >= 4 is 22.5 Å². The molecule has 2 aromatic rings. The fourth-order valence-electron chi connectivity index (χ4n) is 2.64. The molecule has 3 rings (SSSR count). The molecular formula is C13H14ClN3O. The van der Waals surface area contributed by atoms with Gasteiger partial charge in [-0.05, 0) is 31.4 Å². The number of nitrogens with zero attached hydrogens (tertiary/aromatic N) is 2. The second-order valence-electron chi connectivity index (χ2n) is 4.82. The van der Waals surface area contributed by atoms with Crippen molar-refractivity contribution in [2.45, 2.75) is 31.3 Å². The Hall–Kier alpha value is -1.39. The van der Waals surface area contributed by atoms with Crippen LogP contribution in [0.3, 0.4) is 0 Å². The quantitative estimate of drug-likeness (QED) is 0.857. The van der Waals surface area contributed by atoms with Crippen molar-refractivity contribution < 1.29 is 0 Å². The van der Waals surface area contributed by atoms with E-state index in [1.807, 2.05) is 0 Å². The Balaban J connectivity index is 2.17. The standard InChI is InChI=1S/C13H14ClN3O/c14-10-2-1-3-11-12(10)13(18)17(7-16-11)9-5-4-8(15)6-9/h1-3,7-9H,4-6,15H2/t8-,9-/m1/s1. The first kappa shape index (κ1) is 11.7. The van der Waals surface area contributed by atoms with Gasteiger partial charge in [0.15, 0.2) is 0 Å². The largest absolute Gasteiger partial charge is 0.328 e. The summed E-state index contributed by atoms with van der Waals surface area (Å²) in [5.74, 6) is 0. The molecule has 0 aliphatic heterocycles. The average Bonchev–Trinajstić information content (AvgIpc) is 2.76. The average molecular weight is 264 g/mol. The number of halogens is 1. The summed E-state index contributed by atoms with van der Waals surface area (Å²) < 4.78 is 1.68. The van der Waals surface area contributed by atoms with Crippen molar-refractivity contribution in [1.29, 1.82) is 0 Å². The maximum absolute atomic E-state index is 12.4. The van der Waals surface area contributed by atoms with Gasteiger partial charge in [0, 0.05) is 12.1 Å². The molecule has 4 nitrogen and oxygen atoms in total. The molecule has 1 heterocycles. The summed E-state index contributed by atoms with van der Waals surface area (Å²) >= 11 is 6.09. The normalized spacial score (nSPS) is 23.7. The van der Waals surface area contributed by atoms with Crippen LogP contribution in [-0.2, 0) is 0 Å². The fraction of sp³-hybridized carbons (Fsp3) is 0.385. The maximum atomic E-state index is 12.4. The van der Waals surface area contributed by atoms with Gasteiger partial charge in [-0.15, -0.1) is 0 Å². The van der Waals surface area contributed by atoms with E-state index >= 15 is 0 Å². The Kier molecular flexibility index (Phi) is 2.84. The lowest BCUT2D eigenvalue weighted by molar-refractivity contribution is 0.491. The zero-order chi connectivity index (χ0) is 12.7. The molecule has 18 heavy (non-hydrogen) atoms. The highest BCUT2D eigenvalue weighted by molar-refractivity contribution is 6.35. The minimum Gasteiger partial charge on any atom is -0.328 e. The zero-order valence-electron chi connectivity index (χ0n) is 9.84. The molecule has 0 saturated heterocycles. The van der Waals surface area contributed by atoms with Gasteiger partial charge in [0.2, 0.25) is 0 Å². The summed E-state index contributed by atoms with van der Waals surface area (Å²) in [7, 11) is 0. The molecule has 0 radical (unpaired) electrons. The van der Waals surface area contributed by atoms with Crippen molar-refractivity contribution in [3.05, 3.63) is 39.9 Å². The molecule has 1 aliphatic rings. The van der Waals surface area contributed by atoms with Gasteiger partial charge in [-0.3, -0.25) is 9.36 Å². The molecule has 0 unspecified atom stereocenters. The lowest BCUT2D eigenvalue weighted by atomic mass is 10.2. The van der Waals surface area contributed by atoms with Crippen LogP contribution in [0.15, 0.2) is 29.3 Å². The van der Waals surface area contributed by atoms with Crippen LogP contribution >= 0.6 is 11.6 Å². The molecule has 1 saturated carbocycles. The molecule has 0 spiro atoms. The second kappa shape index (κ2) is 4.37. The van der Waals surface area contributed by atoms with E-state index in [2.05, 4.69) is 4.98 Å². The molecule has 1 fully saturated rings. The molecule has 0 amide bonds. The van der Waals surface area contributed by atoms with Gasteiger partial charge in [-0.1, -0.05) is 17.7 Å². The Labute approximate surface area is 109 Å². The van der Waals surface area contributed by atoms with E-state index in [4.69, 9.17) is 17.3 Å².